The molecular formula is C9H15NO4. The number of methoxy groups -OCH3 is 2. The van der Waals surface area contributed by atoms with Crippen molar-refractivity contribution < 1.29 is 19.1 Å². The molecule has 1 fully saturated rings. The van der Waals surface area contributed by atoms with Gasteiger partial charge < -0.3 is 14.8 Å². The van der Waals surface area contributed by atoms with Gasteiger partial charge in [0.1, 0.15) is 5.54 Å². The molecule has 0 aromatic heterocycles. The van der Waals surface area contributed by atoms with Crippen LogP contribution < -0.4 is 5.32 Å². The number of esters is 1. The van der Waals surface area contributed by atoms with E-state index in [1.165, 1.54) is 14.2 Å². The lowest BCUT2D eigenvalue weighted by atomic mass is 10.2. The lowest BCUT2D eigenvalue weighted by Gasteiger charge is -2.15. The first-order valence-corrected chi connectivity index (χ1v) is 4.55. The average Bonchev–Trinajstić information content (AvgIpc) is 2.91. The second-order valence-corrected chi connectivity index (χ2v) is 3.39. The molecule has 1 aliphatic carbocycles. The molecule has 0 radical (unpaired) electrons. The number of hydrogen-bond donors (Lipinski definition) is 1. The summed E-state index contributed by atoms with van der Waals surface area (Å²) < 4.78 is 9.10. The van der Waals surface area contributed by atoms with Crippen molar-refractivity contribution in [1.29, 1.82) is 0 Å². The quantitative estimate of drug-likeness (QED) is 0.682. The van der Waals surface area contributed by atoms with Crippen molar-refractivity contribution in [2.45, 2.75) is 25.3 Å². The van der Waals surface area contributed by atoms with E-state index in [9.17, 15) is 9.59 Å². The molecule has 1 N–H and O–H groups in total. The van der Waals surface area contributed by atoms with Crippen LogP contribution in [-0.4, -0.2) is 31.8 Å². The maximum atomic E-state index is 11.4. The van der Waals surface area contributed by atoms with E-state index in [0.717, 1.165) is 6.42 Å². The molecule has 5 nitrogen and oxygen atoms in total. The highest BCUT2D eigenvalue weighted by atomic mass is 16.5. The third-order valence-electron chi connectivity index (χ3n) is 2.66. The van der Waals surface area contributed by atoms with Crippen molar-refractivity contribution in [1.82, 2.24) is 5.32 Å². The molecule has 0 heterocycles. The summed E-state index contributed by atoms with van der Waals surface area (Å²) in [7, 11) is 2.58. The third kappa shape index (κ3) is 1.66. The highest BCUT2D eigenvalue weighted by Gasteiger charge is 2.61. The van der Waals surface area contributed by atoms with Crippen molar-refractivity contribution >= 4 is 12.1 Å². The molecule has 1 rings (SSSR count). The van der Waals surface area contributed by atoms with Gasteiger partial charge in [-0.15, -0.1) is 0 Å². The lowest BCUT2D eigenvalue weighted by Crippen LogP contribution is -2.45. The second-order valence-electron chi connectivity index (χ2n) is 3.39. The zero-order chi connectivity index (χ0) is 10.8. The number of hydrogen-bond acceptors (Lipinski definition) is 4. The van der Waals surface area contributed by atoms with E-state index in [1.54, 1.807) is 0 Å². The Morgan fingerprint density at radius 1 is 1.43 bits per heavy atom. The molecular weight excluding hydrogens is 186 g/mol. The zero-order valence-electron chi connectivity index (χ0n) is 8.62. The topological polar surface area (TPSA) is 64.6 Å². The van der Waals surface area contributed by atoms with Gasteiger partial charge in [0.15, 0.2) is 0 Å². The molecule has 14 heavy (non-hydrogen) atoms. The molecule has 1 aliphatic rings. The Bertz CT molecular complexity index is 253. The monoisotopic (exact) mass is 201 g/mol. The third-order valence-corrected chi connectivity index (χ3v) is 2.66. The van der Waals surface area contributed by atoms with E-state index in [4.69, 9.17) is 0 Å². The van der Waals surface area contributed by atoms with E-state index in [0.29, 0.717) is 6.42 Å². The number of ether oxygens (including phenoxy) is 2. The van der Waals surface area contributed by atoms with Gasteiger partial charge in [-0.25, -0.2) is 9.59 Å². The van der Waals surface area contributed by atoms with Crippen LogP contribution in [0.15, 0.2) is 0 Å². The minimum Gasteiger partial charge on any atom is -0.467 e. The highest BCUT2D eigenvalue weighted by Crippen LogP contribution is 2.46. The SMILES string of the molecule is CCC1CC1(NC(=O)OC)C(=O)OC. The maximum absolute atomic E-state index is 11.4. The van der Waals surface area contributed by atoms with Gasteiger partial charge in [0, 0.05) is 0 Å². The number of rotatable bonds is 3. The summed E-state index contributed by atoms with van der Waals surface area (Å²) in [5.41, 5.74) is -0.837. The molecule has 0 saturated heterocycles. The molecule has 5 heteroatoms. The molecule has 0 bridgehead atoms. The van der Waals surface area contributed by atoms with E-state index in [1.807, 2.05) is 6.92 Å². The Morgan fingerprint density at radius 3 is 2.43 bits per heavy atom. The predicted molar refractivity (Wildman–Crippen MR) is 48.7 cm³/mol. The Morgan fingerprint density at radius 2 is 2.07 bits per heavy atom. The van der Waals surface area contributed by atoms with E-state index in [2.05, 4.69) is 14.8 Å². The summed E-state index contributed by atoms with van der Waals surface area (Å²) in [4.78, 5) is 22.4. The fourth-order valence-electron chi connectivity index (χ4n) is 1.69. The molecule has 2 atom stereocenters. The minimum atomic E-state index is -0.837. The number of carbonyl (C=O) groups is 2. The van der Waals surface area contributed by atoms with Crippen molar-refractivity contribution in [2.75, 3.05) is 14.2 Å². The molecule has 0 aromatic rings. The normalized spacial score (nSPS) is 29.2. The van der Waals surface area contributed by atoms with Gasteiger partial charge in [0.05, 0.1) is 14.2 Å². The number of carbonyl (C=O) groups excluding carboxylic acids is 2. The molecule has 0 aromatic carbocycles. The first-order chi connectivity index (χ1) is 6.60. The van der Waals surface area contributed by atoms with Crippen molar-refractivity contribution in [3.63, 3.8) is 0 Å². The molecule has 0 spiro atoms. The zero-order valence-corrected chi connectivity index (χ0v) is 8.62. The Kier molecular flexibility index (Phi) is 2.98. The largest absolute Gasteiger partial charge is 0.467 e. The Hall–Kier alpha value is -1.26. The smallest absolute Gasteiger partial charge is 0.407 e. The lowest BCUT2D eigenvalue weighted by molar-refractivity contribution is -0.144. The fraction of sp³-hybridized carbons (Fsp3) is 0.778. The van der Waals surface area contributed by atoms with Crippen LogP contribution in [-0.2, 0) is 14.3 Å². The Balaban J connectivity index is 2.66. The Labute approximate surface area is 82.8 Å². The summed E-state index contributed by atoms with van der Waals surface area (Å²) in [5, 5.41) is 2.53. The van der Waals surface area contributed by atoms with Gasteiger partial charge in [-0.3, -0.25) is 0 Å². The summed E-state index contributed by atoms with van der Waals surface area (Å²) in [5.74, 6) is -0.233. The number of alkyl carbamates (subject to hydrolysis) is 1. The second kappa shape index (κ2) is 3.86. The predicted octanol–water partition coefficient (Wildman–Crippen LogP) is 0.684. The van der Waals surface area contributed by atoms with Crippen LogP contribution in [0.5, 0.6) is 0 Å². The minimum absolute atomic E-state index is 0.161. The van der Waals surface area contributed by atoms with Crippen LogP contribution in [0.4, 0.5) is 4.79 Å². The van der Waals surface area contributed by atoms with Gasteiger partial charge in [-0.1, -0.05) is 13.3 Å². The van der Waals surface area contributed by atoms with Gasteiger partial charge in [0.2, 0.25) is 0 Å². The van der Waals surface area contributed by atoms with Crippen LogP contribution in [0.1, 0.15) is 19.8 Å². The van der Waals surface area contributed by atoms with Gasteiger partial charge in [0.25, 0.3) is 0 Å². The van der Waals surface area contributed by atoms with Crippen LogP contribution in [0.2, 0.25) is 0 Å². The summed E-state index contributed by atoms with van der Waals surface area (Å²) in [6, 6.07) is 0. The van der Waals surface area contributed by atoms with Crippen molar-refractivity contribution in [3.8, 4) is 0 Å². The van der Waals surface area contributed by atoms with E-state index < -0.39 is 17.6 Å². The molecule has 1 amide bonds. The summed E-state index contributed by atoms with van der Waals surface area (Å²) in [6.07, 6.45) is 0.871. The van der Waals surface area contributed by atoms with Crippen molar-refractivity contribution in [2.24, 2.45) is 5.92 Å². The van der Waals surface area contributed by atoms with E-state index in [-0.39, 0.29) is 5.92 Å². The summed E-state index contributed by atoms with van der Waals surface area (Å²) >= 11 is 0. The maximum Gasteiger partial charge on any atom is 0.407 e. The van der Waals surface area contributed by atoms with Gasteiger partial charge in [-0.05, 0) is 12.3 Å². The number of amides is 1. The molecule has 80 valence electrons. The fourth-order valence-corrected chi connectivity index (χ4v) is 1.69. The first kappa shape index (κ1) is 10.8. The summed E-state index contributed by atoms with van der Waals surface area (Å²) in [6.45, 7) is 1.97. The molecule has 2 unspecified atom stereocenters. The highest BCUT2D eigenvalue weighted by molar-refractivity contribution is 5.89. The average molecular weight is 201 g/mol. The standard InChI is InChI=1S/C9H15NO4/c1-4-6-5-9(6,7(11)13-2)10-8(12)14-3/h6H,4-5H2,1-3H3,(H,10,12). The van der Waals surface area contributed by atoms with Crippen LogP contribution in [0.25, 0.3) is 0 Å². The van der Waals surface area contributed by atoms with Crippen LogP contribution in [0.3, 0.4) is 0 Å². The van der Waals surface area contributed by atoms with Gasteiger partial charge >= 0.3 is 12.1 Å². The molecule has 0 aliphatic heterocycles. The van der Waals surface area contributed by atoms with Crippen LogP contribution >= 0.6 is 0 Å². The first-order valence-electron chi connectivity index (χ1n) is 4.55. The number of nitrogens with one attached hydrogen (secondary N) is 1. The van der Waals surface area contributed by atoms with Crippen molar-refractivity contribution in [3.05, 3.63) is 0 Å². The van der Waals surface area contributed by atoms with E-state index >= 15 is 0 Å². The molecule has 1 saturated carbocycles. The van der Waals surface area contributed by atoms with Gasteiger partial charge in [-0.2, -0.15) is 0 Å². The van der Waals surface area contributed by atoms with Crippen LogP contribution in [0, 0.1) is 5.92 Å².